The van der Waals surface area contributed by atoms with Gasteiger partial charge in [-0.05, 0) is 55.8 Å². The second-order valence-corrected chi connectivity index (χ2v) is 8.69. The zero-order valence-electron chi connectivity index (χ0n) is 10.6. The summed E-state index contributed by atoms with van der Waals surface area (Å²) in [4.78, 5) is 2.75. The van der Waals surface area contributed by atoms with E-state index in [4.69, 9.17) is 0 Å². The van der Waals surface area contributed by atoms with E-state index in [0.29, 0.717) is 10.6 Å². The summed E-state index contributed by atoms with van der Waals surface area (Å²) < 4.78 is 24.1. The molecule has 1 aliphatic heterocycles. The number of rotatable bonds is 5. The molecule has 1 aromatic carbocycles. The number of nitrogens with zero attached hydrogens (tertiary/aromatic N) is 1. The summed E-state index contributed by atoms with van der Waals surface area (Å²) >= 11 is 0. The number of hydrogen-bond donors (Lipinski definition) is 0. The average Bonchev–Trinajstić information content (AvgIpc) is 2.82. The van der Waals surface area contributed by atoms with Crippen molar-refractivity contribution in [2.75, 3.05) is 25.4 Å². The summed E-state index contributed by atoms with van der Waals surface area (Å²) in [6.45, 7) is 5.06. The maximum absolute atomic E-state index is 12.1. The Labute approximate surface area is 113 Å². The molecule has 0 aromatic heterocycles. The van der Waals surface area contributed by atoms with Crippen molar-refractivity contribution in [1.82, 2.24) is 4.90 Å². The van der Waals surface area contributed by atoms with Crippen LogP contribution in [0.15, 0.2) is 29.2 Å². The molecule has 5 heteroatoms. The Morgan fingerprint density at radius 3 is 2.39 bits per heavy atom. The molecule has 100 valence electrons. The van der Waals surface area contributed by atoms with Gasteiger partial charge in [0.05, 0.1) is 4.90 Å². The van der Waals surface area contributed by atoms with Crippen LogP contribution in [-0.4, -0.2) is 38.7 Å². The monoisotopic (exact) mass is 285 g/mol. The minimum absolute atomic E-state index is 0.416. The van der Waals surface area contributed by atoms with Gasteiger partial charge in [0.15, 0.2) is 0 Å². The zero-order valence-corrected chi connectivity index (χ0v) is 12.3. The molecule has 0 saturated carbocycles. The van der Waals surface area contributed by atoms with Crippen LogP contribution in [0.2, 0.25) is 0 Å². The van der Waals surface area contributed by atoms with E-state index in [1.54, 1.807) is 12.1 Å². The lowest BCUT2D eigenvalue weighted by atomic mass is 10.2. The lowest BCUT2D eigenvalue weighted by Gasteiger charge is -2.13. The summed E-state index contributed by atoms with van der Waals surface area (Å²) in [5.41, 5.74) is 1.08. The van der Waals surface area contributed by atoms with Crippen LogP contribution in [0.1, 0.15) is 18.4 Å². The van der Waals surface area contributed by atoms with Crippen LogP contribution in [0.4, 0.5) is 0 Å². The van der Waals surface area contributed by atoms with Crippen LogP contribution < -0.4 is 0 Å². The van der Waals surface area contributed by atoms with E-state index in [0.717, 1.165) is 36.0 Å². The fourth-order valence-corrected chi connectivity index (χ4v) is 4.84. The number of likely N-dealkylation sites (tertiary alicyclic amines) is 1. The third-order valence-electron chi connectivity index (χ3n) is 3.15. The molecule has 1 fully saturated rings. The van der Waals surface area contributed by atoms with Crippen LogP contribution >= 0.6 is 10.8 Å². The van der Waals surface area contributed by atoms with Crippen LogP contribution in [0.25, 0.3) is 0 Å². The predicted octanol–water partition coefficient (Wildman–Crippen LogP) is 2.51. The first kappa shape index (κ1) is 13.9. The Morgan fingerprint density at radius 1 is 1.17 bits per heavy atom. The molecule has 3 nitrogen and oxygen atoms in total. The molecule has 2 rings (SSSR count). The molecule has 0 atom stereocenters. The summed E-state index contributed by atoms with van der Waals surface area (Å²) in [6.07, 6.45) is 2.49. The number of benzene rings is 1. The molecule has 0 bridgehead atoms. The molecule has 0 aliphatic carbocycles. The van der Waals surface area contributed by atoms with Gasteiger partial charge >= 0.3 is 0 Å². The van der Waals surface area contributed by atoms with Crippen LogP contribution in [0.3, 0.4) is 0 Å². The van der Waals surface area contributed by atoms with Crippen LogP contribution in [-0.2, 0) is 8.87 Å². The van der Waals surface area contributed by atoms with Crippen LogP contribution in [0, 0.1) is 6.92 Å². The quantitative estimate of drug-likeness (QED) is 0.779. The molecule has 1 aromatic rings. The summed E-state index contributed by atoms with van der Waals surface area (Å²) in [6, 6.07) is 7.06. The van der Waals surface area contributed by atoms with Crippen LogP contribution in [0.5, 0.6) is 0 Å². The van der Waals surface area contributed by atoms with Gasteiger partial charge in [0.25, 0.3) is 0 Å². The molecule has 0 spiro atoms. The molecule has 0 N–H and O–H groups in total. The SMILES string of the molecule is Cc1ccc(S(=O)(=O)SCCN2CCCC2)cc1. The van der Waals surface area contributed by atoms with Crippen molar-refractivity contribution in [2.24, 2.45) is 0 Å². The van der Waals surface area contributed by atoms with E-state index in [1.807, 2.05) is 19.1 Å². The fraction of sp³-hybridized carbons (Fsp3) is 0.538. The van der Waals surface area contributed by atoms with E-state index in [1.165, 1.54) is 12.8 Å². The lowest BCUT2D eigenvalue weighted by molar-refractivity contribution is 0.362. The third-order valence-corrected chi connectivity index (χ3v) is 6.67. The first-order chi connectivity index (χ1) is 8.58. The Kier molecular flexibility index (Phi) is 4.70. The highest BCUT2D eigenvalue weighted by Crippen LogP contribution is 2.23. The van der Waals surface area contributed by atoms with E-state index in [9.17, 15) is 8.42 Å². The van der Waals surface area contributed by atoms with Crippen molar-refractivity contribution < 1.29 is 8.42 Å². The molecular formula is C13H19NO2S2. The fourth-order valence-electron chi connectivity index (χ4n) is 2.06. The Balaban J connectivity index is 1.88. The van der Waals surface area contributed by atoms with Crippen molar-refractivity contribution in [3.8, 4) is 0 Å². The average molecular weight is 285 g/mol. The van der Waals surface area contributed by atoms with Gasteiger partial charge in [0.2, 0.25) is 8.87 Å². The maximum atomic E-state index is 12.1. The van der Waals surface area contributed by atoms with Gasteiger partial charge < -0.3 is 4.90 Å². The van der Waals surface area contributed by atoms with Crippen molar-refractivity contribution in [1.29, 1.82) is 0 Å². The van der Waals surface area contributed by atoms with Gasteiger partial charge in [-0.15, -0.1) is 0 Å². The minimum Gasteiger partial charge on any atom is -0.302 e. The van der Waals surface area contributed by atoms with Crippen molar-refractivity contribution in [3.63, 3.8) is 0 Å². The molecule has 0 unspecified atom stereocenters. The highest BCUT2D eigenvalue weighted by atomic mass is 33.1. The van der Waals surface area contributed by atoms with E-state index in [2.05, 4.69) is 4.90 Å². The minimum atomic E-state index is -3.18. The highest BCUT2D eigenvalue weighted by molar-refractivity contribution is 8.72. The molecule has 1 aliphatic rings. The molecule has 0 amide bonds. The topological polar surface area (TPSA) is 37.4 Å². The van der Waals surface area contributed by atoms with E-state index < -0.39 is 8.87 Å². The Hall–Kier alpha value is -0.520. The predicted molar refractivity (Wildman–Crippen MR) is 76.5 cm³/mol. The third kappa shape index (κ3) is 3.73. The summed E-state index contributed by atoms with van der Waals surface area (Å²) in [5, 5.41) is 0. The maximum Gasteiger partial charge on any atom is 0.230 e. The van der Waals surface area contributed by atoms with Gasteiger partial charge in [-0.1, -0.05) is 17.7 Å². The first-order valence-electron chi connectivity index (χ1n) is 6.26. The molecular weight excluding hydrogens is 266 g/mol. The van der Waals surface area contributed by atoms with Crippen molar-refractivity contribution >= 4 is 19.7 Å². The Morgan fingerprint density at radius 2 is 1.78 bits per heavy atom. The summed E-state index contributed by atoms with van der Waals surface area (Å²) in [5.74, 6) is 0.649. The van der Waals surface area contributed by atoms with Gasteiger partial charge in [-0.3, -0.25) is 0 Å². The van der Waals surface area contributed by atoms with Gasteiger partial charge in [0, 0.05) is 12.3 Å². The van der Waals surface area contributed by atoms with Crippen molar-refractivity contribution in [3.05, 3.63) is 29.8 Å². The normalized spacial score (nSPS) is 17.2. The molecule has 0 radical (unpaired) electrons. The van der Waals surface area contributed by atoms with E-state index in [-0.39, 0.29) is 0 Å². The second kappa shape index (κ2) is 6.08. The Bertz CT molecular complexity index is 476. The zero-order chi connectivity index (χ0) is 13.0. The standard InChI is InChI=1S/C13H19NO2S2/c1-12-4-6-13(7-5-12)18(15,16)17-11-10-14-8-2-3-9-14/h4-7H,2-3,8-11H2,1H3. The molecule has 1 saturated heterocycles. The van der Waals surface area contributed by atoms with Crippen molar-refractivity contribution in [2.45, 2.75) is 24.7 Å². The molecule has 18 heavy (non-hydrogen) atoms. The first-order valence-corrected chi connectivity index (χ1v) is 9.25. The largest absolute Gasteiger partial charge is 0.302 e. The van der Waals surface area contributed by atoms with E-state index >= 15 is 0 Å². The highest BCUT2D eigenvalue weighted by Gasteiger charge is 2.17. The smallest absolute Gasteiger partial charge is 0.230 e. The lowest BCUT2D eigenvalue weighted by Crippen LogP contribution is -2.22. The molecule has 1 heterocycles. The van der Waals surface area contributed by atoms with Gasteiger partial charge in [-0.25, -0.2) is 8.42 Å². The summed E-state index contributed by atoms with van der Waals surface area (Å²) in [7, 11) is -2.12. The van der Waals surface area contributed by atoms with Gasteiger partial charge in [-0.2, -0.15) is 0 Å². The second-order valence-electron chi connectivity index (χ2n) is 4.64. The van der Waals surface area contributed by atoms with Gasteiger partial charge in [0.1, 0.15) is 0 Å². The number of hydrogen-bond acceptors (Lipinski definition) is 4. The number of aryl methyl sites for hydroxylation is 1.